The molecular formula is C7H10N2O3S. The number of hydrogen-bond acceptors (Lipinski definition) is 4. The summed E-state index contributed by atoms with van der Waals surface area (Å²) in [6, 6.07) is 5.84. The van der Waals surface area contributed by atoms with Gasteiger partial charge in [0.2, 0.25) is 0 Å². The van der Waals surface area contributed by atoms with Crippen molar-refractivity contribution in [3.8, 4) is 0 Å². The highest BCUT2D eigenvalue weighted by molar-refractivity contribution is 7.85. The molecule has 0 aliphatic rings. The fourth-order valence-corrected chi connectivity index (χ4v) is 1.41. The molecule has 0 spiro atoms. The van der Waals surface area contributed by atoms with E-state index in [1.807, 2.05) is 0 Å². The minimum Gasteiger partial charge on any atom is -0.322 e. The molecule has 0 saturated carbocycles. The fourth-order valence-electron chi connectivity index (χ4n) is 0.879. The lowest BCUT2D eigenvalue weighted by atomic mass is 10.3. The minimum absolute atomic E-state index is 0.132. The zero-order valence-electron chi connectivity index (χ0n) is 6.98. The third kappa shape index (κ3) is 2.69. The van der Waals surface area contributed by atoms with Crippen LogP contribution in [0.3, 0.4) is 0 Å². The van der Waals surface area contributed by atoms with Gasteiger partial charge in [0.15, 0.2) is 0 Å². The van der Waals surface area contributed by atoms with Crippen molar-refractivity contribution in [3.63, 3.8) is 0 Å². The average Bonchev–Trinajstić information content (AvgIpc) is 2.04. The van der Waals surface area contributed by atoms with E-state index in [0.29, 0.717) is 5.69 Å². The van der Waals surface area contributed by atoms with Crippen molar-refractivity contribution < 1.29 is 13.0 Å². The molecular weight excluding hydrogens is 192 g/mol. The first-order valence-corrected chi connectivity index (χ1v) is 4.98. The Kier molecular flexibility index (Phi) is 2.86. The molecule has 1 aromatic carbocycles. The van der Waals surface area contributed by atoms with Gasteiger partial charge in [-0.3, -0.25) is 4.55 Å². The Bertz CT molecular complexity index is 388. The molecule has 1 rings (SSSR count). The Balaban J connectivity index is 3.06. The Morgan fingerprint density at radius 1 is 1.38 bits per heavy atom. The van der Waals surface area contributed by atoms with E-state index in [4.69, 9.17) is 4.55 Å². The number of hydrogen-bond donors (Lipinski definition) is 3. The summed E-state index contributed by atoms with van der Waals surface area (Å²) in [5, 5.41) is 0. The van der Waals surface area contributed by atoms with Crippen molar-refractivity contribution in [2.24, 2.45) is 0 Å². The summed E-state index contributed by atoms with van der Waals surface area (Å²) in [7, 11) is -2.46. The summed E-state index contributed by atoms with van der Waals surface area (Å²) in [6.45, 7) is 0. The van der Waals surface area contributed by atoms with E-state index in [-0.39, 0.29) is 4.90 Å². The van der Waals surface area contributed by atoms with Gasteiger partial charge in [-0.2, -0.15) is 8.42 Å². The highest BCUT2D eigenvalue weighted by Crippen LogP contribution is 2.13. The SMILES string of the molecule is CNNc1cccc(S(=O)(=O)O)c1. The molecule has 5 nitrogen and oxygen atoms in total. The first-order chi connectivity index (χ1) is 6.04. The van der Waals surface area contributed by atoms with Crippen LogP contribution in [0.4, 0.5) is 5.69 Å². The summed E-state index contributed by atoms with van der Waals surface area (Å²) in [5.74, 6) is 0. The highest BCUT2D eigenvalue weighted by Gasteiger charge is 2.08. The summed E-state index contributed by atoms with van der Waals surface area (Å²) in [6.07, 6.45) is 0. The van der Waals surface area contributed by atoms with Gasteiger partial charge in [0, 0.05) is 7.05 Å². The summed E-state index contributed by atoms with van der Waals surface area (Å²) in [5.41, 5.74) is 5.90. The molecule has 0 heterocycles. The predicted molar refractivity (Wildman–Crippen MR) is 48.9 cm³/mol. The maximum Gasteiger partial charge on any atom is 0.294 e. The topological polar surface area (TPSA) is 78.4 Å². The smallest absolute Gasteiger partial charge is 0.294 e. The van der Waals surface area contributed by atoms with Gasteiger partial charge in [-0.25, -0.2) is 5.43 Å². The normalized spacial score (nSPS) is 11.2. The van der Waals surface area contributed by atoms with Crippen LogP contribution >= 0.6 is 0 Å². The Morgan fingerprint density at radius 2 is 2.08 bits per heavy atom. The molecule has 6 heteroatoms. The van der Waals surface area contributed by atoms with Gasteiger partial charge in [-0.1, -0.05) is 6.07 Å². The molecule has 3 N–H and O–H groups in total. The van der Waals surface area contributed by atoms with E-state index in [2.05, 4.69) is 10.9 Å². The first kappa shape index (κ1) is 9.97. The lowest BCUT2D eigenvalue weighted by Gasteiger charge is -2.04. The van der Waals surface area contributed by atoms with E-state index >= 15 is 0 Å². The molecule has 0 saturated heterocycles. The van der Waals surface area contributed by atoms with Gasteiger partial charge in [-0.15, -0.1) is 0 Å². The second-order valence-electron chi connectivity index (χ2n) is 2.38. The molecule has 0 bridgehead atoms. The van der Waals surface area contributed by atoms with Gasteiger partial charge in [0.25, 0.3) is 10.1 Å². The molecule has 0 amide bonds. The molecule has 0 fully saturated rings. The van der Waals surface area contributed by atoms with Crippen LogP contribution in [0.5, 0.6) is 0 Å². The van der Waals surface area contributed by atoms with E-state index in [1.165, 1.54) is 18.2 Å². The van der Waals surface area contributed by atoms with Crippen LogP contribution in [-0.4, -0.2) is 20.0 Å². The van der Waals surface area contributed by atoms with Crippen LogP contribution < -0.4 is 10.9 Å². The van der Waals surface area contributed by atoms with E-state index in [9.17, 15) is 8.42 Å². The van der Waals surface area contributed by atoms with Gasteiger partial charge in [-0.05, 0) is 18.2 Å². The molecule has 1 aromatic rings. The lowest BCUT2D eigenvalue weighted by Crippen LogP contribution is -2.15. The zero-order valence-corrected chi connectivity index (χ0v) is 7.80. The maximum absolute atomic E-state index is 10.7. The monoisotopic (exact) mass is 202 g/mol. The quantitative estimate of drug-likeness (QED) is 0.491. The maximum atomic E-state index is 10.7. The van der Waals surface area contributed by atoms with Crippen LogP contribution in [0.2, 0.25) is 0 Å². The van der Waals surface area contributed by atoms with Crippen molar-refractivity contribution in [1.29, 1.82) is 0 Å². The van der Waals surface area contributed by atoms with Crippen molar-refractivity contribution in [2.45, 2.75) is 4.90 Å². The number of benzene rings is 1. The van der Waals surface area contributed by atoms with Crippen LogP contribution in [-0.2, 0) is 10.1 Å². The number of anilines is 1. The molecule has 0 radical (unpaired) electrons. The van der Waals surface area contributed by atoms with Crippen molar-refractivity contribution in [3.05, 3.63) is 24.3 Å². The van der Waals surface area contributed by atoms with E-state index in [0.717, 1.165) is 0 Å². The summed E-state index contributed by atoms with van der Waals surface area (Å²) < 4.78 is 30.1. The highest BCUT2D eigenvalue weighted by atomic mass is 32.2. The lowest BCUT2D eigenvalue weighted by molar-refractivity contribution is 0.483. The average molecular weight is 202 g/mol. The number of nitrogens with one attached hydrogen (secondary N) is 2. The Hall–Kier alpha value is -1.11. The molecule has 0 aliphatic heterocycles. The number of rotatable bonds is 3. The Labute approximate surface area is 76.5 Å². The van der Waals surface area contributed by atoms with Gasteiger partial charge >= 0.3 is 0 Å². The second kappa shape index (κ2) is 3.73. The fraction of sp³-hybridized carbons (Fsp3) is 0.143. The zero-order chi connectivity index (χ0) is 9.90. The molecule has 13 heavy (non-hydrogen) atoms. The minimum atomic E-state index is -4.11. The molecule has 72 valence electrons. The molecule has 0 aromatic heterocycles. The summed E-state index contributed by atoms with van der Waals surface area (Å²) >= 11 is 0. The standard InChI is InChI=1S/C7H10N2O3S/c1-8-9-6-3-2-4-7(5-6)13(10,11)12/h2-5,8-9H,1H3,(H,10,11,12). The second-order valence-corrected chi connectivity index (χ2v) is 3.80. The van der Waals surface area contributed by atoms with Gasteiger partial charge in [0.1, 0.15) is 0 Å². The molecule has 0 unspecified atom stereocenters. The molecule has 0 atom stereocenters. The van der Waals surface area contributed by atoms with Gasteiger partial charge in [0.05, 0.1) is 10.6 Å². The van der Waals surface area contributed by atoms with Crippen LogP contribution in [0.15, 0.2) is 29.2 Å². The van der Waals surface area contributed by atoms with Gasteiger partial charge < -0.3 is 5.43 Å². The van der Waals surface area contributed by atoms with E-state index < -0.39 is 10.1 Å². The van der Waals surface area contributed by atoms with Crippen LogP contribution in [0.1, 0.15) is 0 Å². The van der Waals surface area contributed by atoms with Crippen molar-refractivity contribution in [1.82, 2.24) is 5.43 Å². The largest absolute Gasteiger partial charge is 0.322 e. The predicted octanol–water partition coefficient (Wildman–Crippen LogP) is 0.480. The third-order valence-electron chi connectivity index (χ3n) is 1.40. The van der Waals surface area contributed by atoms with E-state index in [1.54, 1.807) is 13.1 Å². The van der Waals surface area contributed by atoms with Crippen LogP contribution in [0.25, 0.3) is 0 Å². The van der Waals surface area contributed by atoms with Crippen molar-refractivity contribution >= 4 is 15.8 Å². The van der Waals surface area contributed by atoms with Crippen molar-refractivity contribution in [2.75, 3.05) is 12.5 Å². The third-order valence-corrected chi connectivity index (χ3v) is 2.25. The molecule has 0 aliphatic carbocycles. The number of hydrazine groups is 1. The first-order valence-electron chi connectivity index (χ1n) is 3.54. The summed E-state index contributed by atoms with van der Waals surface area (Å²) in [4.78, 5) is -0.132. The Morgan fingerprint density at radius 3 is 2.62 bits per heavy atom. The van der Waals surface area contributed by atoms with Crippen LogP contribution in [0, 0.1) is 0 Å².